The lowest BCUT2D eigenvalue weighted by Gasteiger charge is -2.17. The number of rotatable bonds is 9. The molecule has 0 saturated heterocycles. The van der Waals surface area contributed by atoms with Crippen molar-refractivity contribution in [2.75, 3.05) is 17.2 Å². The van der Waals surface area contributed by atoms with Crippen LogP contribution in [-0.2, 0) is 6.54 Å². The lowest BCUT2D eigenvalue weighted by Crippen LogP contribution is -2.24. The van der Waals surface area contributed by atoms with Gasteiger partial charge in [-0.3, -0.25) is 0 Å². The molecule has 0 bridgehead atoms. The predicted octanol–water partition coefficient (Wildman–Crippen LogP) is 5.46. The van der Waals surface area contributed by atoms with E-state index in [2.05, 4.69) is 62.0 Å². The molecule has 8 heteroatoms. The summed E-state index contributed by atoms with van der Waals surface area (Å²) in [6.07, 6.45) is 7.51. The number of thiophene rings is 1. The van der Waals surface area contributed by atoms with Gasteiger partial charge in [0.15, 0.2) is 17.0 Å². The van der Waals surface area contributed by atoms with E-state index in [1.165, 1.54) is 28.8 Å². The average molecular weight is 463 g/mol. The normalized spacial score (nSPS) is 15.2. The highest BCUT2D eigenvalue weighted by Crippen LogP contribution is 2.33. The van der Waals surface area contributed by atoms with Gasteiger partial charge >= 0.3 is 0 Å². The molecule has 172 valence electrons. The standard InChI is InChI=1S/C25H30N6OS/c1-2-19(15-32)28-25-29-23(22-24(30-25)31(16-27-22)20-6-3-4-7-20)26-14-17-9-11-18(12-10-17)21-8-5-13-33-21/h5,8-13,16,19-20,32H,2-4,6-7,14-15H2,1H3,(H2,26,28,29,30)/t19-/m1/s1. The smallest absolute Gasteiger partial charge is 0.227 e. The number of imidazole rings is 1. The van der Waals surface area contributed by atoms with Gasteiger partial charge in [0.2, 0.25) is 5.95 Å². The van der Waals surface area contributed by atoms with E-state index in [1.54, 1.807) is 11.3 Å². The Kier molecular flexibility index (Phi) is 6.55. The second kappa shape index (κ2) is 9.89. The summed E-state index contributed by atoms with van der Waals surface area (Å²) in [4.78, 5) is 15.5. The number of benzene rings is 1. The minimum atomic E-state index is -0.0806. The molecule has 1 atom stereocenters. The van der Waals surface area contributed by atoms with Crippen molar-refractivity contribution in [2.24, 2.45) is 0 Å². The van der Waals surface area contributed by atoms with Gasteiger partial charge in [0, 0.05) is 17.5 Å². The summed E-state index contributed by atoms with van der Waals surface area (Å²) < 4.78 is 2.20. The maximum atomic E-state index is 9.65. The van der Waals surface area contributed by atoms with E-state index < -0.39 is 0 Å². The zero-order valence-electron chi connectivity index (χ0n) is 18.9. The highest BCUT2D eigenvalue weighted by Gasteiger charge is 2.22. The fraction of sp³-hybridized carbons (Fsp3) is 0.400. The second-order valence-corrected chi connectivity index (χ2v) is 9.57. The van der Waals surface area contributed by atoms with Crippen LogP contribution in [0.5, 0.6) is 0 Å². The number of hydrogen-bond acceptors (Lipinski definition) is 7. The zero-order valence-corrected chi connectivity index (χ0v) is 19.7. The van der Waals surface area contributed by atoms with Crippen LogP contribution in [0, 0.1) is 0 Å². The Morgan fingerprint density at radius 2 is 1.97 bits per heavy atom. The van der Waals surface area contributed by atoms with E-state index in [9.17, 15) is 5.11 Å². The minimum absolute atomic E-state index is 0.0408. The third-order valence-corrected chi connectivity index (χ3v) is 7.32. The molecule has 3 aromatic heterocycles. The Labute approximate surface area is 197 Å². The lowest BCUT2D eigenvalue weighted by atomic mass is 10.1. The molecule has 1 aromatic carbocycles. The van der Waals surface area contributed by atoms with Gasteiger partial charge in [-0.2, -0.15) is 9.97 Å². The Morgan fingerprint density at radius 1 is 1.15 bits per heavy atom. The van der Waals surface area contributed by atoms with Gasteiger partial charge in [0.1, 0.15) is 0 Å². The highest BCUT2D eigenvalue weighted by atomic mass is 32.1. The number of aliphatic hydroxyl groups excluding tert-OH is 1. The molecule has 0 spiro atoms. The topological polar surface area (TPSA) is 87.9 Å². The van der Waals surface area contributed by atoms with Gasteiger partial charge in [0.05, 0.1) is 19.0 Å². The van der Waals surface area contributed by atoms with E-state index in [-0.39, 0.29) is 12.6 Å². The summed E-state index contributed by atoms with van der Waals surface area (Å²) in [5, 5.41) is 18.5. The van der Waals surface area contributed by atoms with Crippen molar-refractivity contribution in [1.29, 1.82) is 0 Å². The summed E-state index contributed by atoms with van der Waals surface area (Å²) in [7, 11) is 0. The Bertz CT molecular complexity index is 1180. The van der Waals surface area contributed by atoms with Gasteiger partial charge in [-0.1, -0.05) is 50.1 Å². The molecular weight excluding hydrogens is 432 g/mol. The number of aliphatic hydroxyl groups is 1. The van der Waals surface area contributed by atoms with Gasteiger partial charge in [0.25, 0.3) is 0 Å². The number of nitrogens with zero attached hydrogens (tertiary/aromatic N) is 4. The monoisotopic (exact) mass is 462 g/mol. The number of fused-ring (bicyclic) bond motifs is 1. The van der Waals surface area contributed by atoms with Crippen LogP contribution in [-0.4, -0.2) is 37.3 Å². The maximum Gasteiger partial charge on any atom is 0.227 e. The Balaban J connectivity index is 1.41. The van der Waals surface area contributed by atoms with Gasteiger partial charge in [-0.15, -0.1) is 11.3 Å². The van der Waals surface area contributed by atoms with Crippen LogP contribution < -0.4 is 10.6 Å². The highest BCUT2D eigenvalue weighted by molar-refractivity contribution is 7.13. The largest absolute Gasteiger partial charge is 0.394 e. The van der Waals surface area contributed by atoms with Gasteiger partial charge < -0.3 is 20.3 Å². The molecule has 5 rings (SSSR count). The fourth-order valence-corrected chi connectivity index (χ4v) is 5.16. The van der Waals surface area contributed by atoms with Crippen molar-refractivity contribution >= 4 is 34.3 Å². The van der Waals surface area contributed by atoms with Crippen LogP contribution >= 0.6 is 11.3 Å². The quantitative estimate of drug-likeness (QED) is 0.306. The number of aromatic nitrogens is 4. The number of hydrogen-bond donors (Lipinski definition) is 3. The van der Waals surface area contributed by atoms with Crippen LogP contribution in [0.15, 0.2) is 48.1 Å². The molecule has 1 saturated carbocycles. The third-order valence-electron chi connectivity index (χ3n) is 6.41. The van der Waals surface area contributed by atoms with Gasteiger partial charge in [-0.25, -0.2) is 4.98 Å². The Hall–Kier alpha value is -2.97. The SMILES string of the molecule is CC[C@H](CO)Nc1nc(NCc2ccc(-c3cccs3)cc2)c2ncn(C3CCCC3)c2n1. The first kappa shape index (κ1) is 21.9. The molecule has 1 fully saturated rings. The molecule has 3 N–H and O–H groups in total. The molecule has 3 heterocycles. The summed E-state index contributed by atoms with van der Waals surface area (Å²) >= 11 is 1.75. The second-order valence-electron chi connectivity index (χ2n) is 8.62. The van der Waals surface area contributed by atoms with Crippen LogP contribution in [0.25, 0.3) is 21.6 Å². The average Bonchev–Trinajstić information content (AvgIpc) is 3.62. The molecule has 0 unspecified atom stereocenters. The molecule has 7 nitrogen and oxygen atoms in total. The molecule has 33 heavy (non-hydrogen) atoms. The predicted molar refractivity (Wildman–Crippen MR) is 135 cm³/mol. The molecule has 1 aliphatic rings. The minimum Gasteiger partial charge on any atom is -0.394 e. The fourth-order valence-electron chi connectivity index (χ4n) is 4.43. The van der Waals surface area contributed by atoms with Gasteiger partial charge in [-0.05, 0) is 41.8 Å². The molecule has 1 aliphatic carbocycles. The van der Waals surface area contributed by atoms with E-state index in [0.717, 1.165) is 36.2 Å². The third kappa shape index (κ3) is 4.72. The van der Waals surface area contributed by atoms with Crippen molar-refractivity contribution < 1.29 is 5.11 Å². The van der Waals surface area contributed by atoms with Crippen molar-refractivity contribution in [3.05, 3.63) is 53.7 Å². The van der Waals surface area contributed by atoms with Crippen molar-refractivity contribution in [1.82, 2.24) is 19.5 Å². The molecule has 0 radical (unpaired) electrons. The summed E-state index contributed by atoms with van der Waals surface area (Å²) in [6, 6.07) is 13.2. The van der Waals surface area contributed by atoms with Crippen molar-refractivity contribution in [3.63, 3.8) is 0 Å². The van der Waals surface area contributed by atoms with Crippen molar-refractivity contribution in [3.8, 4) is 10.4 Å². The first-order valence-corrected chi connectivity index (χ1v) is 12.6. The number of anilines is 2. The molecule has 0 amide bonds. The number of nitrogens with one attached hydrogen (secondary N) is 2. The van der Waals surface area contributed by atoms with Crippen LogP contribution in [0.4, 0.5) is 11.8 Å². The van der Waals surface area contributed by atoms with Crippen LogP contribution in [0.3, 0.4) is 0 Å². The molecular formula is C25H30N6OS. The lowest BCUT2D eigenvalue weighted by molar-refractivity contribution is 0.271. The summed E-state index contributed by atoms with van der Waals surface area (Å²) in [5.74, 6) is 1.24. The summed E-state index contributed by atoms with van der Waals surface area (Å²) in [6.45, 7) is 2.72. The molecule has 4 aromatic rings. The summed E-state index contributed by atoms with van der Waals surface area (Å²) in [5.41, 5.74) is 4.05. The Morgan fingerprint density at radius 3 is 2.67 bits per heavy atom. The van der Waals surface area contributed by atoms with E-state index in [0.29, 0.717) is 18.5 Å². The first-order valence-electron chi connectivity index (χ1n) is 11.7. The zero-order chi connectivity index (χ0) is 22.6. The maximum absolute atomic E-state index is 9.65. The molecule has 0 aliphatic heterocycles. The van der Waals surface area contributed by atoms with Crippen LogP contribution in [0.2, 0.25) is 0 Å². The van der Waals surface area contributed by atoms with E-state index in [4.69, 9.17) is 9.97 Å². The van der Waals surface area contributed by atoms with E-state index >= 15 is 0 Å². The van der Waals surface area contributed by atoms with Crippen molar-refractivity contribution in [2.45, 2.75) is 57.7 Å². The van der Waals surface area contributed by atoms with Crippen LogP contribution in [0.1, 0.15) is 50.6 Å². The first-order chi connectivity index (χ1) is 16.2. The van der Waals surface area contributed by atoms with E-state index in [1.807, 2.05) is 13.3 Å².